The summed E-state index contributed by atoms with van der Waals surface area (Å²) in [5.41, 5.74) is 0.984. The summed E-state index contributed by atoms with van der Waals surface area (Å²) in [6.45, 7) is 7.09. The Bertz CT molecular complexity index is 1540. The molecule has 0 aromatic carbocycles. The molecule has 4 aromatic rings. The first-order chi connectivity index (χ1) is 19.5. The number of morpholine rings is 2. The summed E-state index contributed by atoms with van der Waals surface area (Å²) in [4.78, 5) is 3.86. The van der Waals surface area contributed by atoms with E-state index >= 15 is 0 Å². The molecule has 14 nitrogen and oxygen atoms in total. The van der Waals surface area contributed by atoms with E-state index in [9.17, 15) is 13.2 Å². The smallest absolute Gasteiger partial charge is 0.377 e. The van der Waals surface area contributed by atoms with Gasteiger partial charge in [0, 0.05) is 29.3 Å². The largest absolute Gasteiger partial charge is 0.416 e. The first kappa shape index (κ1) is 27.4. The van der Waals surface area contributed by atoms with E-state index in [1.165, 1.54) is 9.26 Å². The molecule has 2 aliphatic heterocycles. The zero-order chi connectivity index (χ0) is 28.9. The molecule has 3 unspecified atom stereocenters. The highest BCUT2D eigenvalue weighted by Crippen LogP contribution is 2.35. The van der Waals surface area contributed by atoms with E-state index in [1.54, 1.807) is 30.5 Å². The predicted octanol–water partition coefficient (Wildman–Crippen LogP) is 0.802. The first-order valence-corrected chi connectivity index (χ1v) is 13.5. The van der Waals surface area contributed by atoms with Crippen molar-refractivity contribution in [2.45, 2.75) is 57.5 Å². The van der Waals surface area contributed by atoms with Crippen molar-refractivity contribution in [3.63, 3.8) is 0 Å². The van der Waals surface area contributed by atoms with E-state index in [0.717, 1.165) is 17.8 Å². The number of aromatic nitrogens is 10. The van der Waals surface area contributed by atoms with Gasteiger partial charge >= 0.3 is 11.8 Å². The number of hydrogen-bond donors (Lipinski definition) is 0. The fraction of sp³-hybridized carbons (Fsp3) is 0.667. The Balaban J connectivity index is 1.27. The third kappa shape index (κ3) is 5.59. The Morgan fingerprint density at radius 2 is 2.00 bits per heavy atom. The SMILES string of the molecule is CC(Cc1cc2n(nn[n+]2C)nc1N1CC(C(F)(F)F)OC(C)(C)C1)CC1COCCN1c1ccc2nnnn2n1. The van der Waals surface area contributed by atoms with Gasteiger partial charge in [-0.15, -0.1) is 19.5 Å². The number of anilines is 2. The van der Waals surface area contributed by atoms with E-state index < -0.39 is 17.9 Å². The summed E-state index contributed by atoms with van der Waals surface area (Å²) in [6.07, 6.45) is -5.11. The molecule has 4 aromatic heterocycles. The second-order valence-corrected chi connectivity index (χ2v) is 11.4. The van der Waals surface area contributed by atoms with Crippen molar-refractivity contribution in [3.05, 3.63) is 23.8 Å². The van der Waals surface area contributed by atoms with Crippen LogP contribution in [0.4, 0.5) is 24.8 Å². The molecule has 6 heterocycles. The van der Waals surface area contributed by atoms with Gasteiger partial charge in [-0.3, -0.25) is 0 Å². The van der Waals surface area contributed by atoms with Crippen LogP contribution in [0.2, 0.25) is 0 Å². The number of nitrogens with zero attached hydrogens (tertiary/aromatic N) is 12. The quantitative estimate of drug-likeness (QED) is 0.302. The summed E-state index contributed by atoms with van der Waals surface area (Å²) >= 11 is 0. The minimum absolute atomic E-state index is 0.0324. The molecule has 6 rings (SSSR count). The third-order valence-corrected chi connectivity index (χ3v) is 7.48. The van der Waals surface area contributed by atoms with E-state index in [2.05, 4.69) is 48.0 Å². The van der Waals surface area contributed by atoms with Crippen LogP contribution in [-0.2, 0) is 22.9 Å². The van der Waals surface area contributed by atoms with Gasteiger partial charge in [0.1, 0.15) is 5.21 Å². The lowest BCUT2D eigenvalue weighted by Crippen LogP contribution is -2.57. The van der Waals surface area contributed by atoms with Gasteiger partial charge in [0.25, 0.3) is 0 Å². The van der Waals surface area contributed by atoms with Gasteiger partial charge in [-0.1, -0.05) is 12.0 Å². The van der Waals surface area contributed by atoms with Crippen LogP contribution in [0.1, 0.15) is 32.8 Å². The molecule has 3 atom stereocenters. The first-order valence-electron chi connectivity index (χ1n) is 13.5. The maximum absolute atomic E-state index is 13.8. The van der Waals surface area contributed by atoms with Gasteiger partial charge < -0.3 is 19.3 Å². The number of ether oxygens (including phenoxy) is 2. The van der Waals surface area contributed by atoms with Crippen LogP contribution in [-0.4, -0.2) is 102 Å². The summed E-state index contributed by atoms with van der Waals surface area (Å²) in [5, 5.41) is 28.8. The van der Waals surface area contributed by atoms with Crippen LogP contribution in [0, 0.1) is 5.92 Å². The number of fused-ring (bicyclic) bond motifs is 2. The number of aryl methyl sites for hydroxylation is 1. The average Bonchev–Trinajstić information content (AvgIpc) is 3.53. The molecular weight excluding hydrogens is 545 g/mol. The van der Waals surface area contributed by atoms with Gasteiger partial charge in [-0.05, 0) is 55.2 Å². The van der Waals surface area contributed by atoms with Crippen LogP contribution in [0.25, 0.3) is 11.3 Å². The van der Waals surface area contributed by atoms with Crippen LogP contribution in [0.15, 0.2) is 18.2 Å². The second kappa shape index (κ2) is 10.3. The van der Waals surface area contributed by atoms with E-state index in [-0.39, 0.29) is 25.0 Å². The Kier molecular flexibility index (Phi) is 6.88. The Hall–Kier alpha value is -3.73. The molecule has 41 heavy (non-hydrogen) atoms. The fourth-order valence-electron chi connectivity index (χ4n) is 5.72. The van der Waals surface area contributed by atoms with Crippen LogP contribution >= 0.6 is 0 Å². The number of alkyl halides is 3. The topological polar surface area (TPSA) is 128 Å². The lowest BCUT2D eigenvalue weighted by molar-refractivity contribution is -0.707. The molecule has 0 aliphatic carbocycles. The maximum atomic E-state index is 13.8. The van der Waals surface area contributed by atoms with Gasteiger partial charge in [-0.2, -0.15) is 13.2 Å². The van der Waals surface area contributed by atoms with Crippen molar-refractivity contribution in [2.24, 2.45) is 13.0 Å². The highest BCUT2D eigenvalue weighted by molar-refractivity contribution is 5.52. The Morgan fingerprint density at radius 3 is 2.80 bits per heavy atom. The maximum Gasteiger partial charge on any atom is 0.416 e. The molecule has 0 N–H and O–H groups in total. The lowest BCUT2D eigenvalue weighted by Gasteiger charge is -2.43. The van der Waals surface area contributed by atoms with Gasteiger partial charge in [0.2, 0.25) is 0 Å². The van der Waals surface area contributed by atoms with Crippen molar-refractivity contribution in [2.75, 3.05) is 42.6 Å². The summed E-state index contributed by atoms with van der Waals surface area (Å²) < 4.78 is 57.0. The summed E-state index contributed by atoms with van der Waals surface area (Å²) in [7, 11) is 1.75. The monoisotopic (exact) mass is 577 g/mol. The molecule has 2 fully saturated rings. The highest BCUT2D eigenvalue weighted by Gasteiger charge is 2.49. The molecule has 0 radical (unpaired) electrons. The zero-order valence-electron chi connectivity index (χ0n) is 23.2. The molecule has 0 bridgehead atoms. The Morgan fingerprint density at radius 1 is 1.17 bits per heavy atom. The van der Waals surface area contributed by atoms with Crippen molar-refractivity contribution in [1.82, 2.24) is 45.4 Å². The third-order valence-electron chi connectivity index (χ3n) is 7.48. The normalized spacial score (nSPS) is 22.5. The Labute approximate surface area is 233 Å². The van der Waals surface area contributed by atoms with Crippen LogP contribution < -0.4 is 14.5 Å². The molecule has 0 spiro atoms. The van der Waals surface area contributed by atoms with Crippen molar-refractivity contribution >= 4 is 22.9 Å². The van der Waals surface area contributed by atoms with Crippen LogP contribution in [0.3, 0.4) is 0 Å². The van der Waals surface area contributed by atoms with Crippen LogP contribution in [0.5, 0.6) is 0 Å². The highest BCUT2D eigenvalue weighted by atomic mass is 19.4. The molecule has 0 saturated carbocycles. The lowest BCUT2D eigenvalue weighted by atomic mass is 9.93. The van der Waals surface area contributed by atoms with E-state index in [0.29, 0.717) is 43.3 Å². The van der Waals surface area contributed by atoms with Gasteiger partial charge in [0.15, 0.2) is 28.6 Å². The number of halogens is 3. The summed E-state index contributed by atoms with van der Waals surface area (Å²) in [5.74, 6) is 1.32. The molecule has 2 aliphatic rings. The number of rotatable bonds is 6. The molecular formula is C24H32F3N12O2+. The van der Waals surface area contributed by atoms with Crippen molar-refractivity contribution in [1.29, 1.82) is 0 Å². The second-order valence-electron chi connectivity index (χ2n) is 11.4. The van der Waals surface area contributed by atoms with Crippen molar-refractivity contribution < 1.29 is 27.3 Å². The van der Waals surface area contributed by atoms with E-state index in [1.807, 2.05) is 18.2 Å². The minimum Gasteiger partial charge on any atom is -0.377 e. The average molecular weight is 578 g/mol. The van der Waals surface area contributed by atoms with Gasteiger partial charge in [0.05, 0.1) is 38.4 Å². The molecule has 17 heteroatoms. The molecule has 0 amide bonds. The predicted molar refractivity (Wildman–Crippen MR) is 137 cm³/mol. The van der Waals surface area contributed by atoms with E-state index in [4.69, 9.17) is 9.47 Å². The zero-order valence-corrected chi connectivity index (χ0v) is 23.2. The number of hydrogen-bond acceptors (Lipinski definition) is 11. The number of tetrazole rings is 2. The fourth-order valence-corrected chi connectivity index (χ4v) is 5.72. The standard InChI is InChI=1S/C24H32F3N12O2/c1-15(10-17-13-40-8-7-37(17)20-6-5-19-28-31-32-38(19)29-20)9-16-11-21-35(4)33-34-39(21)30-22(16)36-12-18(24(25,26)27)41-23(2,3)14-36/h5-6,11,15,17-18H,7-10,12-14H2,1-4H3/q+1. The minimum atomic E-state index is -4.50. The molecule has 220 valence electrons. The molecule has 2 saturated heterocycles. The van der Waals surface area contributed by atoms with Crippen molar-refractivity contribution in [3.8, 4) is 0 Å². The summed E-state index contributed by atoms with van der Waals surface area (Å²) in [6, 6.07) is 5.66. The van der Waals surface area contributed by atoms with Gasteiger partial charge in [-0.25, -0.2) is 0 Å².